The number of carbonyl (C=O) groups is 2. The van der Waals surface area contributed by atoms with Crippen molar-refractivity contribution < 1.29 is 14.1 Å². The fourth-order valence-electron chi connectivity index (χ4n) is 1.93. The molecule has 0 heterocycles. The third kappa shape index (κ3) is 2.41. The summed E-state index contributed by atoms with van der Waals surface area (Å²) in [4.78, 5) is 22.2. The van der Waals surface area contributed by atoms with Crippen LogP contribution in [0.1, 0.15) is 39.5 Å². The molecule has 0 bridgehead atoms. The molecule has 0 spiro atoms. The average Bonchev–Trinajstić information content (AvgIpc) is 2.17. The topological polar surface area (TPSA) is 34.1 Å². The van der Waals surface area contributed by atoms with E-state index in [4.69, 9.17) is 0 Å². The Morgan fingerprint density at radius 1 is 1.07 bits per heavy atom. The molecule has 0 aromatic heterocycles. The van der Waals surface area contributed by atoms with Crippen molar-refractivity contribution >= 4 is 12.7 Å². The van der Waals surface area contributed by atoms with Gasteiger partial charge in [-0.05, 0) is 12.8 Å². The third-order valence-electron chi connectivity index (χ3n) is 3.00. The lowest BCUT2D eigenvalue weighted by molar-refractivity contribution is -0.850. The number of nitrogens with zero attached hydrogens (tertiary/aromatic N) is 1. The second-order valence-corrected chi connectivity index (χ2v) is 4.37. The van der Waals surface area contributed by atoms with Gasteiger partial charge in [0, 0.05) is 12.8 Å². The van der Waals surface area contributed by atoms with Gasteiger partial charge in [0.1, 0.15) is 0 Å². The van der Waals surface area contributed by atoms with E-state index in [0.29, 0.717) is 0 Å². The predicted molar refractivity (Wildman–Crippen MR) is 56.8 cm³/mol. The van der Waals surface area contributed by atoms with E-state index in [1.165, 1.54) is 0 Å². The van der Waals surface area contributed by atoms with Crippen molar-refractivity contribution in [1.29, 1.82) is 0 Å². The zero-order valence-electron chi connectivity index (χ0n) is 9.75. The average molecular weight is 200 g/mol. The first-order valence-electron chi connectivity index (χ1n) is 5.26. The number of quaternary nitrogens is 1. The number of amides is 1. The Hall–Kier alpha value is -0.700. The van der Waals surface area contributed by atoms with Gasteiger partial charge in [-0.15, -0.1) is 0 Å². The van der Waals surface area contributed by atoms with Gasteiger partial charge in [0.2, 0.25) is 0 Å². The Kier molecular flexibility index (Phi) is 4.99. The minimum Gasteiger partial charge on any atom is -0.296 e. The molecule has 0 aliphatic carbocycles. The molecule has 0 aliphatic heterocycles. The standard InChI is InChI=1S/C11H22NO2/c1-5-7-11(9-13,8-6-2)12(3,4)10-14/h9-10H,5-8H2,1-4H3/q+1. The van der Waals surface area contributed by atoms with E-state index in [1.807, 2.05) is 13.8 Å². The fourth-order valence-corrected chi connectivity index (χ4v) is 1.93. The largest absolute Gasteiger partial charge is 0.301 e. The summed E-state index contributed by atoms with van der Waals surface area (Å²) in [6.07, 6.45) is 5.22. The zero-order chi connectivity index (χ0) is 11.2. The summed E-state index contributed by atoms with van der Waals surface area (Å²) in [6.45, 7) is 4.08. The maximum absolute atomic E-state index is 11.2. The summed E-state index contributed by atoms with van der Waals surface area (Å²) in [5, 5.41) is 0. The third-order valence-corrected chi connectivity index (χ3v) is 3.00. The van der Waals surface area contributed by atoms with Crippen molar-refractivity contribution in [1.82, 2.24) is 0 Å². The Labute approximate surface area is 86.7 Å². The molecule has 0 atom stereocenters. The number of hydrogen-bond acceptors (Lipinski definition) is 2. The van der Waals surface area contributed by atoms with Crippen molar-refractivity contribution in [2.45, 2.75) is 45.1 Å². The Balaban J connectivity index is 5.00. The lowest BCUT2D eigenvalue weighted by Gasteiger charge is -2.40. The van der Waals surface area contributed by atoms with Crippen LogP contribution in [0.5, 0.6) is 0 Å². The van der Waals surface area contributed by atoms with Crippen LogP contribution in [0.4, 0.5) is 0 Å². The summed E-state index contributed by atoms with van der Waals surface area (Å²) >= 11 is 0. The van der Waals surface area contributed by atoms with Gasteiger partial charge in [-0.25, -0.2) is 4.79 Å². The first-order chi connectivity index (χ1) is 6.49. The molecule has 3 nitrogen and oxygen atoms in total. The van der Waals surface area contributed by atoms with Gasteiger partial charge in [0.25, 0.3) is 0 Å². The second-order valence-electron chi connectivity index (χ2n) is 4.37. The zero-order valence-corrected chi connectivity index (χ0v) is 9.75. The number of rotatable bonds is 7. The Morgan fingerprint density at radius 2 is 1.50 bits per heavy atom. The number of hydrogen-bond donors (Lipinski definition) is 0. The van der Waals surface area contributed by atoms with E-state index in [2.05, 4.69) is 0 Å². The van der Waals surface area contributed by atoms with E-state index in [9.17, 15) is 9.59 Å². The molecule has 0 aromatic carbocycles. The van der Waals surface area contributed by atoms with Gasteiger partial charge >= 0.3 is 6.41 Å². The van der Waals surface area contributed by atoms with E-state index in [-0.39, 0.29) is 4.48 Å². The quantitative estimate of drug-likeness (QED) is 0.463. The van der Waals surface area contributed by atoms with Gasteiger partial charge in [0.05, 0.1) is 14.1 Å². The number of likely N-dealkylation sites (N-methyl/N-ethyl adjacent to an activating group) is 1. The van der Waals surface area contributed by atoms with Crippen molar-refractivity contribution in [3.63, 3.8) is 0 Å². The summed E-state index contributed by atoms with van der Waals surface area (Å²) < 4.78 is 0.137. The minimum absolute atomic E-state index is 0.137. The van der Waals surface area contributed by atoms with Crippen LogP contribution in [-0.4, -0.2) is 36.8 Å². The molecule has 0 fully saturated rings. The van der Waals surface area contributed by atoms with Crippen LogP contribution >= 0.6 is 0 Å². The molecule has 0 unspecified atom stereocenters. The van der Waals surface area contributed by atoms with Gasteiger partial charge in [-0.2, -0.15) is 0 Å². The van der Waals surface area contributed by atoms with Crippen LogP contribution in [-0.2, 0) is 9.59 Å². The SMILES string of the molecule is CCCC(C=O)(CCC)[N+](C)(C)C=O. The predicted octanol–water partition coefficient (Wildman–Crippen LogP) is 1.76. The molecule has 0 saturated heterocycles. The lowest BCUT2D eigenvalue weighted by atomic mass is 9.87. The molecular formula is C11H22NO2+. The molecule has 82 valence electrons. The Bertz CT molecular complexity index is 193. The van der Waals surface area contributed by atoms with Crippen molar-refractivity contribution in [2.75, 3.05) is 14.1 Å². The molecule has 14 heavy (non-hydrogen) atoms. The number of aldehydes is 1. The highest BCUT2D eigenvalue weighted by Gasteiger charge is 2.44. The smallest absolute Gasteiger partial charge is 0.296 e. The second kappa shape index (κ2) is 5.25. The van der Waals surface area contributed by atoms with Gasteiger partial charge in [0.15, 0.2) is 11.8 Å². The normalized spacial score (nSPS) is 12.6. The summed E-state index contributed by atoms with van der Waals surface area (Å²) in [5.41, 5.74) is -0.523. The molecule has 0 aliphatic rings. The first-order valence-corrected chi connectivity index (χ1v) is 5.26. The van der Waals surface area contributed by atoms with Crippen LogP contribution < -0.4 is 0 Å². The van der Waals surface area contributed by atoms with Crippen LogP contribution in [0.2, 0.25) is 0 Å². The highest BCUT2D eigenvalue weighted by atomic mass is 16.2. The van der Waals surface area contributed by atoms with Crippen molar-refractivity contribution in [3.05, 3.63) is 0 Å². The number of carbonyl (C=O) groups excluding carboxylic acids is 2. The lowest BCUT2D eigenvalue weighted by Crippen LogP contribution is -2.59. The summed E-state index contributed by atoms with van der Waals surface area (Å²) in [6, 6.07) is 0. The van der Waals surface area contributed by atoms with Crippen LogP contribution in [0.3, 0.4) is 0 Å². The molecule has 0 radical (unpaired) electrons. The highest BCUT2D eigenvalue weighted by Crippen LogP contribution is 2.27. The van der Waals surface area contributed by atoms with E-state index in [1.54, 1.807) is 14.1 Å². The molecule has 0 saturated carbocycles. The Morgan fingerprint density at radius 3 is 1.71 bits per heavy atom. The minimum atomic E-state index is -0.523. The van der Waals surface area contributed by atoms with Gasteiger partial charge in [-0.1, -0.05) is 13.8 Å². The molecule has 0 rings (SSSR count). The summed E-state index contributed by atoms with van der Waals surface area (Å²) in [7, 11) is 3.60. The van der Waals surface area contributed by atoms with Gasteiger partial charge < -0.3 is 0 Å². The van der Waals surface area contributed by atoms with E-state index < -0.39 is 5.54 Å². The molecule has 1 amide bonds. The molecule has 0 N–H and O–H groups in total. The van der Waals surface area contributed by atoms with Crippen LogP contribution in [0, 0.1) is 0 Å². The molecular weight excluding hydrogens is 178 g/mol. The first kappa shape index (κ1) is 13.3. The van der Waals surface area contributed by atoms with E-state index in [0.717, 1.165) is 38.4 Å². The highest BCUT2D eigenvalue weighted by molar-refractivity contribution is 5.64. The van der Waals surface area contributed by atoms with Crippen molar-refractivity contribution in [2.24, 2.45) is 0 Å². The van der Waals surface area contributed by atoms with E-state index >= 15 is 0 Å². The maximum Gasteiger partial charge on any atom is 0.301 e. The van der Waals surface area contributed by atoms with Crippen LogP contribution in [0.25, 0.3) is 0 Å². The van der Waals surface area contributed by atoms with Gasteiger partial charge in [-0.3, -0.25) is 9.28 Å². The maximum atomic E-state index is 11.2. The summed E-state index contributed by atoms with van der Waals surface area (Å²) in [5.74, 6) is 0. The van der Waals surface area contributed by atoms with Crippen LogP contribution in [0.15, 0.2) is 0 Å². The molecule has 0 aromatic rings. The van der Waals surface area contributed by atoms with Crippen molar-refractivity contribution in [3.8, 4) is 0 Å². The fraction of sp³-hybridized carbons (Fsp3) is 0.818. The monoisotopic (exact) mass is 200 g/mol. The molecule has 3 heteroatoms.